The number of hydrogen-bond donors (Lipinski definition) is 2. The van der Waals surface area contributed by atoms with E-state index in [1.54, 1.807) is 12.3 Å². The standard InChI is InChI=1S/C14H25N3O2S2/c1-11(2)17-10-14(7-13(17)8-15)21(18,19)16-9-12-3-5-20-6-4-12/h7,10-12,16H,3-6,8-9,15H2,1-2H3. The van der Waals surface area contributed by atoms with Gasteiger partial charge in [-0.05, 0) is 50.2 Å². The monoisotopic (exact) mass is 331 g/mol. The minimum atomic E-state index is -3.44. The molecular weight excluding hydrogens is 306 g/mol. The summed E-state index contributed by atoms with van der Waals surface area (Å²) in [4.78, 5) is 0.321. The zero-order chi connectivity index (χ0) is 15.5. The largest absolute Gasteiger partial charge is 0.346 e. The summed E-state index contributed by atoms with van der Waals surface area (Å²) in [6.07, 6.45) is 3.87. The number of sulfonamides is 1. The molecule has 1 fully saturated rings. The first-order chi connectivity index (χ1) is 9.94. The molecule has 0 radical (unpaired) electrons. The van der Waals surface area contributed by atoms with Gasteiger partial charge in [-0.2, -0.15) is 11.8 Å². The zero-order valence-electron chi connectivity index (χ0n) is 12.7. The highest BCUT2D eigenvalue weighted by Gasteiger charge is 2.21. The summed E-state index contributed by atoms with van der Waals surface area (Å²) >= 11 is 1.95. The second-order valence-electron chi connectivity index (χ2n) is 5.78. The maximum Gasteiger partial charge on any atom is 0.242 e. The summed E-state index contributed by atoms with van der Waals surface area (Å²) in [5, 5.41) is 0. The highest BCUT2D eigenvalue weighted by molar-refractivity contribution is 7.99. The second kappa shape index (κ2) is 7.17. The number of nitrogens with one attached hydrogen (secondary N) is 1. The first kappa shape index (κ1) is 16.9. The minimum absolute atomic E-state index is 0.197. The maximum atomic E-state index is 12.4. The lowest BCUT2D eigenvalue weighted by atomic mass is 10.0. The predicted molar refractivity (Wildman–Crippen MR) is 87.9 cm³/mol. The van der Waals surface area contributed by atoms with Gasteiger partial charge in [0, 0.05) is 31.0 Å². The minimum Gasteiger partial charge on any atom is -0.346 e. The van der Waals surface area contributed by atoms with E-state index in [1.165, 1.54) is 0 Å². The Balaban J connectivity index is 2.08. The first-order valence-electron chi connectivity index (χ1n) is 7.42. The molecule has 1 aliphatic rings. The van der Waals surface area contributed by atoms with Gasteiger partial charge in [-0.3, -0.25) is 0 Å². The molecule has 2 heterocycles. The Morgan fingerprint density at radius 2 is 2.10 bits per heavy atom. The van der Waals surface area contributed by atoms with Gasteiger partial charge in [-0.15, -0.1) is 0 Å². The lowest BCUT2D eigenvalue weighted by molar-refractivity contribution is 0.476. The average molecular weight is 332 g/mol. The molecule has 1 aliphatic heterocycles. The van der Waals surface area contributed by atoms with Gasteiger partial charge < -0.3 is 10.3 Å². The normalized spacial score (nSPS) is 17.5. The molecule has 0 spiro atoms. The zero-order valence-corrected chi connectivity index (χ0v) is 14.3. The molecule has 21 heavy (non-hydrogen) atoms. The van der Waals surface area contributed by atoms with E-state index >= 15 is 0 Å². The SMILES string of the molecule is CC(C)n1cc(S(=O)(=O)NCC2CCSCC2)cc1CN. The molecule has 0 aromatic carbocycles. The fraction of sp³-hybridized carbons (Fsp3) is 0.714. The number of hydrogen-bond acceptors (Lipinski definition) is 4. The van der Waals surface area contributed by atoms with Crippen LogP contribution in [0.1, 0.15) is 38.4 Å². The van der Waals surface area contributed by atoms with Crippen LogP contribution in [0, 0.1) is 5.92 Å². The van der Waals surface area contributed by atoms with Crippen molar-refractivity contribution in [1.82, 2.24) is 9.29 Å². The van der Waals surface area contributed by atoms with Crippen molar-refractivity contribution in [1.29, 1.82) is 0 Å². The topological polar surface area (TPSA) is 77.1 Å². The van der Waals surface area contributed by atoms with E-state index in [4.69, 9.17) is 5.73 Å². The third-order valence-electron chi connectivity index (χ3n) is 3.89. The van der Waals surface area contributed by atoms with Gasteiger partial charge in [-0.1, -0.05) is 0 Å². The molecule has 5 nitrogen and oxygen atoms in total. The first-order valence-corrected chi connectivity index (χ1v) is 10.1. The summed E-state index contributed by atoms with van der Waals surface area (Å²) < 4.78 is 29.5. The van der Waals surface area contributed by atoms with E-state index in [1.807, 2.05) is 30.2 Å². The molecule has 1 aromatic rings. The van der Waals surface area contributed by atoms with Crippen molar-refractivity contribution in [2.45, 2.75) is 44.2 Å². The smallest absolute Gasteiger partial charge is 0.242 e. The van der Waals surface area contributed by atoms with Gasteiger partial charge >= 0.3 is 0 Å². The van der Waals surface area contributed by atoms with Crippen LogP contribution in [0.5, 0.6) is 0 Å². The van der Waals surface area contributed by atoms with E-state index in [9.17, 15) is 8.42 Å². The van der Waals surface area contributed by atoms with Crippen molar-refractivity contribution >= 4 is 21.8 Å². The highest BCUT2D eigenvalue weighted by Crippen LogP contribution is 2.23. The summed E-state index contributed by atoms with van der Waals surface area (Å²) in [7, 11) is -3.44. The quantitative estimate of drug-likeness (QED) is 0.835. The van der Waals surface area contributed by atoms with Crippen LogP contribution in [-0.2, 0) is 16.6 Å². The number of nitrogens with zero attached hydrogens (tertiary/aromatic N) is 1. The Hall–Kier alpha value is -0.500. The lowest BCUT2D eigenvalue weighted by Crippen LogP contribution is -2.30. The fourth-order valence-electron chi connectivity index (χ4n) is 2.55. The van der Waals surface area contributed by atoms with E-state index < -0.39 is 10.0 Å². The number of nitrogens with two attached hydrogens (primary N) is 1. The molecule has 0 bridgehead atoms. The molecule has 0 unspecified atom stereocenters. The Morgan fingerprint density at radius 3 is 2.62 bits per heavy atom. The Bertz CT molecular complexity index is 561. The number of aromatic nitrogens is 1. The van der Waals surface area contributed by atoms with Crippen molar-refractivity contribution in [3.05, 3.63) is 18.0 Å². The van der Waals surface area contributed by atoms with Crippen molar-refractivity contribution in [2.24, 2.45) is 11.7 Å². The van der Waals surface area contributed by atoms with Gasteiger partial charge in [0.05, 0.1) is 4.90 Å². The Kier molecular flexibility index (Phi) is 5.76. The second-order valence-corrected chi connectivity index (χ2v) is 8.77. The predicted octanol–water partition coefficient (Wildman–Crippen LogP) is 1.95. The van der Waals surface area contributed by atoms with Crippen LogP contribution >= 0.6 is 11.8 Å². The molecule has 0 aliphatic carbocycles. The van der Waals surface area contributed by atoms with Crippen LogP contribution in [0.25, 0.3) is 0 Å². The van der Waals surface area contributed by atoms with Crippen molar-refractivity contribution in [3.63, 3.8) is 0 Å². The van der Waals surface area contributed by atoms with Crippen LogP contribution in [-0.4, -0.2) is 31.0 Å². The third kappa shape index (κ3) is 4.25. The summed E-state index contributed by atoms with van der Waals surface area (Å²) in [5.74, 6) is 2.73. The molecule has 3 N–H and O–H groups in total. The van der Waals surface area contributed by atoms with E-state index in [-0.39, 0.29) is 6.04 Å². The van der Waals surface area contributed by atoms with Crippen molar-refractivity contribution in [2.75, 3.05) is 18.1 Å². The summed E-state index contributed by atoms with van der Waals surface area (Å²) in [5.41, 5.74) is 6.54. The summed E-state index contributed by atoms with van der Waals surface area (Å²) in [6, 6.07) is 1.88. The van der Waals surface area contributed by atoms with E-state index in [0.29, 0.717) is 23.9 Å². The van der Waals surface area contributed by atoms with Gasteiger partial charge in [0.25, 0.3) is 0 Å². The maximum absolute atomic E-state index is 12.4. The molecule has 2 rings (SSSR count). The van der Waals surface area contributed by atoms with Gasteiger partial charge in [-0.25, -0.2) is 13.1 Å². The van der Waals surface area contributed by atoms with Crippen molar-refractivity contribution < 1.29 is 8.42 Å². The fourth-order valence-corrected chi connectivity index (χ4v) is 4.92. The average Bonchev–Trinajstić information content (AvgIpc) is 2.92. The van der Waals surface area contributed by atoms with Gasteiger partial charge in [0.15, 0.2) is 0 Å². The van der Waals surface area contributed by atoms with Crippen LogP contribution < -0.4 is 10.5 Å². The Morgan fingerprint density at radius 1 is 1.43 bits per heavy atom. The van der Waals surface area contributed by atoms with Gasteiger partial charge in [0.1, 0.15) is 0 Å². The van der Waals surface area contributed by atoms with Crippen LogP contribution in [0.4, 0.5) is 0 Å². The van der Waals surface area contributed by atoms with Gasteiger partial charge in [0.2, 0.25) is 10.0 Å². The lowest BCUT2D eigenvalue weighted by Gasteiger charge is -2.21. The van der Waals surface area contributed by atoms with Crippen LogP contribution in [0.15, 0.2) is 17.2 Å². The van der Waals surface area contributed by atoms with Crippen LogP contribution in [0.3, 0.4) is 0 Å². The molecule has 0 amide bonds. The Labute approximate surface area is 131 Å². The third-order valence-corrected chi connectivity index (χ3v) is 6.32. The van der Waals surface area contributed by atoms with Crippen molar-refractivity contribution in [3.8, 4) is 0 Å². The molecule has 1 aromatic heterocycles. The summed E-state index contributed by atoms with van der Waals surface area (Å²) in [6.45, 7) is 4.91. The van der Waals surface area contributed by atoms with E-state index in [2.05, 4.69) is 4.72 Å². The molecule has 1 saturated heterocycles. The number of thioether (sulfide) groups is 1. The highest BCUT2D eigenvalue weighted by atomic mass is 32.2. The molecule has 7 heteroatoms. The molecular formula is C14H25N3O2S2. The molecule has 0 atom stereocenters. The number of rotatable bonds is 6. The van der Waals surface area contributed by atoms with Crippen LogP contribution in [0.2, 0.25) is 0 Å². The molecule has 120 valence electrons. The van der Waals surface area contributed by atoms with E-state index in [0.717, 1.165) is 30.0 Å². The molecule has 0 saturated carbocycles.